The number of hydrogen-bond acceptors (Lipinski definition) is 10. The summed E-state index contributed by atoms with van der Waals surface area (Å²) >= 11 is 6.63. The van der Waals surface area contributed by atoms with Gasteiger partial charge in [0.05, 0.1) is 17.9 Å². The lowest BCUT2D eigenvalue weighted by Gasteiger charge is -2.32. The van der Waals surface area contributed by atoms with E-state index in [9.17, 15) is 23.1 Å². The Hall–Kier alpha value is -4.37. The van der Waals surface area contributed by atoms with Crippen LogP contribution in [0.5, 0.6) is 11.6 Å². The zero-order chi connectivity index (χ0) is 28.8. The number of anilines is 2. The minimum atomic E-state index is -4.66. The van der Waals surface area contributed by atoms with Gasteiger partial charge in [-0.05, 0) is 18.9 Å². The number of aryl methyl sites for hydroxylation is 2. The lowest BCUT2D eigenvalue weighted by Crippen LogP contribution is -2.41. The molecule has 2 atom stereocenters. The Morgan fingerprint density at radius 1 is 1.25 bits per heavy atom. The number of ether oxygens (including phenoxy) is 2. The SMILES string of the molecule is Cn1cc(C(F)(F)F)cc(Nc2nc3ncc(OC(=CN)c4nccnc4O[C@@H]4CC[C@H]4O)c(Cl)c3n2C)c1=O. The van der Waals surface area contributed by atoms with Crippen molar-refractivity contribution in [1.82, 2.24) is 29.1 Å². The third-order valence-electron chi connectivity index (χ3n) is 6.27. The average Bonchev–Trinajstić information content (AvgIpc) is 3.23. The lowest BCUT2D eigenvalue weighted by molar-refractivity contribution is -0.138. The van der Waals surface area contributed by atoms with Crippen molar-refractivity contribution in [3.8, 4) is 11.6 Å². The number of imidazole rings is 1. The summed E-state index contributed by atoms with van der Waals surface area (Å²) in [5.74, 6) is 0.197. The van der Waals surface area contributed by atoms with E-state index in [1.54, 1.807) is 0 Å². The molecular formula is C24H22ClF3N8O4. The summed E-state index contributed by atoms with van der Waals surface area (Å²) in [6.45, 7) is 0. The van der Waals surface area contributed by atoms with Crippen LogP contribution in [0.2, 0.25) is 5.02 Å². The summed E-state index contributed by atoms with van der Waals surface area (Å²) in [6.07, 6.45) is 1.48. The second kappa shape index (κ2) is 10.3. The van der Waals surface area contributed by atoms with Crippen LogP contribution in [0.25, 0.3) is 16.9 Å². The fraction of sp³-hybridized carbons (Fsp3) is 0.292. The van der Waals surface area contributed by atoms with Crippen molar-refractivity contribution < 1.29 is 27.8 Å². The molecule has 210 valence electrons. The summed E-state index contributed by atoms with van der Waals surface area (Å²) in [6, 6.07) is 0.701. The summed E-state index contributed by atoms with van der Waals surface area (Å²) in [5, 5.41) is 12.6. The molecule has 1 aliphatic carbocycles. The summed E-state index contributed by atoms with van der Waals surface area (Å²) in [4.78, 5) is 29.4. The maximum absolute atomic E-state index is 13.3. The van der Waals surface area contributed by atoms with Gasteiger partial charge in [0.1, 0.15) is 22.3 Å². The van der Waals surface area contributed by atoms with Crippen molar-refractivity contribution in [3.63, 3.8) is 0 Å². The van der Waals surface area contributed by atoms with Gasteiger partial charge in [0.2, 0.25) is 11.8 Å². The van der Waals surface area contributed by atoms with E-state index in [1.165, 1.54) is 37.3 Å². The van der Waals surface area contributed by atoms with Gasteiger partial charge in [-0.3, -0.25) is 4.79 Å². The molecular weight excluding hydrogens is 557 g/mol. The van der Waals surface area contributed by atoms with Crippen LogP contribution in [-0.4, -0.2) is 46.4 Å². The molecule has 12 nitrogen and oxygen atoms in total. The highest BCUT2D eigenvalue weighted by Gasteiger charge is 2.33. The predicted octanol–water partition coefficient (Wildman–Crippen LogP) is 3.11. The van der Waals surface area contributed by atoms with Gasteiger partial charge in [-0.15, -0.1) is 0 Å². The van der Waals surface area contributed by atoms with Crippen molar-refractivity contribution in [2.45, 2.75) is 31.2 Å². The Morgan fingerprint density at radius 2 is 2.00 bits per heavy atom. The van der Waals surface area contributed by atoms with Crippen molar-refractivity contribution in [1.29, 1.82) is 0 Å². The molecule has 1 saturated carbocycles. The topological polar surface area (TPSA) is 155 Å². The number of pyridine rings is 2. The second-order valence-corrected chi connectivity index (χ2v) is 9.31. The highest BCUT2D eigenvalue weighted by molar-refractivity contribution is 6.36. The van der Waals surface area contributed by atoms with Crippen LogP contribution < -0.4 is 26.1 Å². The first kappa shape index (κ1) is 27.2. The van der Waals surface area contributed by atoms with Gasteiger partial charge in [0.15, 0.2) is 22.8 Å². The number of nitrogens with zero attached hydrogens (tertiary/aromatic N) is 6. The molecule has 1 aliphatic rings. The number of rotatable bonds is 7. The highest BCUT2D eigenvalue weighted by Crippen LogP contribution is 2.37. The van der Waals surface area contributed by atoms with Crippen LogP contribution in [0.3, 0.4) is 0 Å². The van der Waals surface area contributed by atoms with E-state index in [4.69, 9.17) is 26.8 Å². The van der Waals surface area contributed by atoms with Crippen LogP contribution in [0.4, 0.5) is 24.8 Å². The molecule has 0 saturated heterocycles. The zero-order valence-electron chi connectivity index (χ0n) is 21.0. The van der Waals surface area contributed by atoms with E-state index in [1.807, 2.05) is 0 Å². The average molecular weight is 579 g/mol. The molecule has 4 aromatic heterocycles. The van der Waals surface area contributed by atoms with E-state index in [-0.39, 0.29) is 50.9 Å². The molecule has 4 heterocycles. The quantitative estimate of drug-likeness (QED) is 0.279. The van der Waals surface area contributed by atoms with Crippen molar-refractivity contribution in [2.75, 3.05) is 5.32 Å². The lowest BCUT2D eigenvalue weighted by atomic mass is 9.92. The second-order valence-electron chi connectivity index (χ2n) is 8.93. The first-order valence-electron chi connectivity index (χ1n) is 11.8. The first-order chi connectivity index (χ1) is 19.0. The molecule has 4 aromatic rings. The van der Waals surface area contributed by atoms with E-state index in [0.29, 0.717) is 25.1 Å². The first-order valence-corrected chi connectivity index (χ1v) is 12.2. The number of hydrogen-bond donors (Lipinski definition) is 3. The van der Waals surface area contributed by atoms with Gasteiger partial charge in [-0.1, -0.05) is 11.6 Å². The van der Waals surface area contributed by atoms with Crippen LogP contribution in [0.15, 0.2) is 41.8 Å². The molecule has 0 bridgehead atoms. The number of aromatic nitrogens is 6. The number of aliphatic hydroxyl groups excluding tert-OH is 1. The fourth-order valence-electron chi connectivity index (χ4n) is 3.97. The summed E-state index contributed by atoms with van der Waals surface area (Å²) in [7, 11) is 2.75. The summed E-state index contributed by atoms with van der Waals surface area (Å²) in [5.41, 5.74) is 4.31. The minimum Gasteiger partial charge on any atom is -0.470 e. The van der Waals surface area contributed by atoms with Crippen LogP contribution in [0, 0.1) is 0 Å². The van der Waals surface area contributed by atoms with Gasteiger partial charge in [0.25, 0.3) is 5.56 Å². The van der Waals surface area contributed by atoms with E-state index in [2.05, 4.69) is 25.3 Å². The molecule has 0 radical (unpaired) electrons. The standard InChI is InChI=1S/C24H22ClF3N8O4/c1-35-10-11(24(26,27)28)7-12(22(35)38)33-23-34-20-19(36(23)2)17(25)16(9-32-20)39-15(8-29)18-21(31-6-5-30-18)40-14-4-3-13(14)37/h5-10,13-14,37H,3-4,29H2,1-2H3,(H,32,33,34)/t13-,14-/m1/s1. The predicted molar refractivity (Wildman–Crippen MR) is 138 cm³/mol. The molecule has 5 rings (SSSR count). The van der Waals surface area contributed by atoms with Gasteiger partial charge in [-0.2, -0.15) is 18.2 Å². The van der Waals surface area contributed by atoms with E-state index in [0.717, 1.165) is 10.8 Å². The maximum atomic E-state index is 13.3. The Morgan fingerprint density at radius 3 is 2.65 bits per heavy atom. The Bertz CT molecular complexity index is 1690. The number of alkyl halides is 3. The number of nitrogens with one attached hydrogen (secondary N) is 1. The zero-order valence-corrected chi connectivity index (χ0v) is 21.7. The molecule has 0 spiro atoms. The smallest absolute Gasteiger partial charge is 0.417 e. The van der Waals surface area contributed by atoms with Crippen LogP contribution in [0.1, 0.15) is 24.1 Å². The molecule has 40 heavy (non-hydrogen) atoms. The Kier molecular flexibility index (Phi) is 7.01. The number of fused-ring (bicyclic) bond motifs is 1. The largest absolute Gasteiger partial charge is 0.470 e. The molecule has 4 N–H and O–H groups in total. The van der Waals surface area contributed by atoms with Gasteiger partial charge >= 0.3 is 6.18 Å². The highest BCUT2D eigenvalue weighted by atomic mass is 35.5. The van der Waals surface area contributed by atoms with Gasteiger partial charge in [-0.25, -0.2) is 15.0 Å². The molecule has 0 amide bonds. The fourth-order valence-corrected chi connectivity index (χ4v) is 4.26. The number of aliphatic hydroxyl groups is 1. The van der Waals surface area contributed by atoms with Crippen molar-refractivity contribution in [2.24, 2.45) is 19.8 Å². The monoisotopic (exact) mass is 578 g/mol. The Balaban J connectivity index is 1.47. The minimum absolute atomic E-state index is 0.0104. The van der Waals surface area contributed by atoms with E-state index < -0.39 is 29.5 Å². The molecule has 16 heteroatoms. The van der Waals surface area contributed by atoms with Crippen molar-refractivity contribution >= 4 is 40.2 Å². The van der Waals surface area contributed by atoms with E-state index >= 15 is 0 Å². The molecule has 1 fully saturated rings. The molecule has 0 unspecified atom stereocenters. The normalized spacial score (nSPS) is 17.5. The Labute approximate surface area is 228 Å². The van der Waals surface area contributed by atoms with Gasteiger partial charge in [0, 0.05) is 38.9 Å². The molecule has 0 aromatic carbocycles. The third kappa shape index (κ3) is 5.00. The van der Waals surface area contributed by atoms with Crippen molar-refractivity contribution in [3.05, 3.63) is 63.7 Å². The van der Waals surface area contributed by atoms with Crippen LogP contribution >= 0.6 is 11.6 Å². The van der Waals surface area contributed by atoms with Gasteiger partial charge < -0.3 is 34.8 Å². The summed E-state index contributed by atoms with van der Waals surface area (Å²) < 4.78 is 53.8. The number of halogens is 4. The molecule has 0 aliphatic heterocycles. The third-order valence-corrected chi connectivity index (χ3v) is 6.64. The number of nitrogens with two attached hydrogens (primary N) is 1. The van der Waals surface area contributed by atoms with Crippen LogP contribution in [-0.2, 0) is 20.3 Å². The maximum Gasteiger partial charge on any atom is 0.417 e.